The molecule has 0 bridgehead atoms. The van der Waals surface area contributed by atoms with Crippen LogP contribution in [0.4, 0.5) is 0 Å². The quantitative estimate of drug-likeness (QED) is 0.724. The summed E-state index contributed by atoms with van der Waals surface area (Å²) in [7, 11) is 3.35. The summed E-state index contributed by atoms with van der Waals surface area (Å²) in [6, 6.07) is 6.41. The number of methoxy groups -OCH3 is 2. The lowest BCUT2D eigenvalue weighted by molar-refractivity contribution is -1.02. The van der Waals surface area contributed by atoms with Crippen molar-refractivity contribution in [1.29, 1.82) is 5.26 Å². The number of hydrogen-bond donors (Lipinski definition) is 2. The zero-order valence-electron chi connectivity index (χ0n) is 13.9. The first-order chi connectivity index (χ1) is 10.7. The van der Waals surface area contributed by atoms with Crippen LogP contribution in [0.15, 0.2) is 12.1 Å². The van der Waals surface area contributed by atoms with Gasteiger partial charge in [-0.25, -0.2) is 0 Å². The van der Waals surface area contributed by atoms with Crippen molar-refractivity contribution >= 4 is 0 Å². The molecule has 0 spiro atoms. The van der Waals surface area contributed by atoms with E-state index >= 15 is 0 Å². The Morgan fingerprint density at radius 2 is 1.64 bits per heavy atom. The number of piperazine rings is 1. The van der Waals surface area contributed by atoms with Crippen LogP contribution < -0.4 is 19.3 Å². The van der Waals surface area contributed by atoms with Gasteiger partial charge in [0.05, 0.1) is 33.3 Å². The van der Waals surface area contributed by atoms with E-state index in [9.17, 15) is 0 Å². The van der Waals surface area contributed by atoms with Gasteiger partial charge < -0.3 is 19.3 Å². The molecule has 2 N–H and O–H groups in total. The van der Waals surface area contributed by atoms with Crippen molar-refractivity contribution in [2.45, 2.75) is 19.9 Å². The fraction of sp³-hybridized carbons (Fsp3) is 0.588. The Morgan fingerprint density at radius 1 is 1.05 bits per heavy atom. The van der Waals surface area contributed by atoms with Crippen molar-refractivity contribution in [3.8, 4) is 17.6 Å². The number of quaternary nitrogens is 2. The van der Waals surface area contributed by atoms with Crippen molar-refractivity contribution in [1.82, 2.24) is 0 Å². The Morgan fingerprint density at radius 3 is 2.23 bits per heavy atom. The van der Waals surface area contributed by atoms with Crippen LogP contribution in [0.5, 0.6) is 11.5 Å². The monoisotopic (exact) mass is 305 g/mol. The highest BCUT2D eigenvalue weighted by atomic mass is 16.5. The third-order valence-electron chi connectivity index (χ3n) is 4.54. The van der Waals surface area contributed by atoms with Crippen LogP contribution in [-0.2, 0) is 6.54 Å². The van der Waals surface area contributed by atoms with Gasteiger partial charge in [0, 0.05) is 5.56 Å². The van der Waals surface area contributed by atoms with E-state index in [0.29, 0.717) is 6.42 Å². The lowest BCUT2D eigenvalue weighted by Gasteiger charge is -2.29. The van der Waals surface area contributed by atoms with Gasteiger partial charge in [0.25, 0.3) is 0 Å². The molecular weight excluding hydrogens is 278 g/mol. The van der Waals surface area contributed by atoms with Crippen molar-refractivity contribution in [2.75, 3.05) is 46.9 Å². The number of hydrogen-bond acceptors (Lipinski definition) is 3. The van der Waals surface area contributed by atoms with Crippen molar-refractivity contribution in [3.05, 3.63) is 23.3 Å². The van der Waals surface area contributed by atoms with Crippen LogP contribution >= 0.6 is 0 Å². The molecule has 1 aliphatic rings. The highest BCUT2D eigenvalue weighted by molar-refractivity contribution is 5.46. The predicted molar refractivity (Wildman–Crippen MR) is 84.5 cm³/mol. The molecule has 0 atom stereocenters. The molecular formula is C17H27N3O2+2. The highest BCUT2D eigenvalue weighted by Gasteiger charge is 2.23. The Labute approximate surface area is 133 Å². The zero-order chi connectivity index (χ0) is 15.9. The minimum absolute atomic E-state index is 0.666. The average Bonchev–Trinajstić information content (AvgIpc) is 2.55. The molecule has 1 aromatic rings. The van der Waals surface area contributed by atoms with E-state index in [2.05, 4.69) is 25.1 Å². The molecule has 1 saturated heterocycles. The fourth-order valence-electron chi connectivity index (χ4n) is 3.10. The molecule has 5 heteroatoms. The number of ether oxygens (including phenoxy) is 2. The lowest BCUT2D eigenvalue weighted by atomic mass is 10.1. The Hall–Kier alpha value is -1.77. The number of nitriles is 1. The summed E-state index contributed by atoms with van der Waals surface area (Å²) in [5.74, 6) is 1.60. The normalized spacial score (nSPS) is 21.2. The van der Waals surface area contributed by atoms with Crippen LogP contribution in [0.25, 0.3) is 0 Å². The van der Waals surface area contributed by atoms with Gasteiger partial charge in [0.15, 0.2) is 11.5 Å². The molecule has 0 unspecified atom stereocenters. The molecule has 1 aromatic carbocycles. The smallest absolute Gasteiger partial charge is 0.161 e. The van der Waals surface area contributed by atoms with E-state index in [-0.39, 0.29) is 0 Å². The summed E-state index contributed by atoms with van der Waals surface area (Å²) in [4.78, 5) is 3.17. The van der Waals surface area contributed by atoms with E-state index in [0.717, 1.165) is 50.8 Å². The molecule has 0 aliphatic carbocycles. The molecule has 1 heterocycles. The second-order valence-electron chi connectivity index (χ2n) is 5.97. The summed E-state index contributed by atoms with van der Waals surface area (Å²) < 4.78 is 10.8. The summed E-state index contributed by atoms with van der Waals surface area (Å²) in [6.45, 7) is 8.78. The van der Waals surface area contributed by atoms with Gasteiger partial charge >= 0.3 is 0 Å². The predicted octanol–water partition coefficient (Wildman–Crippen LogP) is -0.791. The second kappa shape index (κ2) is 8.02. The number of rotatable bonds is 6. The Balaban J connectivity index is 1.96. The van der Waals surface area contributed by atoms with Gasteiger partial charge in [-0.05, 0) is 24.6 Å². The molecule has 22 heavy (non-hydrogen) atoms. The van der Waals surface area contributed by atoms with Crippen LogP contribution in [0.1, 0.15) is 17.5 Å². The highest BCUT2D eigenvalue weighted by Crippen LogP contribution is 2.29. The van der Waals surface area contributed by atoms with Crippen molar-refractivity contribution in [3.63, 3.8) is 0 Å². The van der Waals surface area contributed by atoms with E-state index in [1.165, 1.54) is 11.1 Å². The standard InChI is InChI=1S/C17H25N3O2/c1-14-11-16(21-2)17(22-3)12-15(14)13-20-9-7-19(8-10-20)6-4-5-18/h11-12H,4,6-10,13H2,1-3H3/p+2. The minimum atomic E-state index is 0.666. The maximum Gasteiger partial charge on any atom is 0.161 e. The Kier molecular flexibility index (Phi) is 6.05. The van der Waals surface area contributed by atoms with E-state index < -0.39 is 0 Å². The number of nitrogens with zero attached hydrogens (tertiary/aromatic N) is 1. The summed E-state index contributed by atoms with van der Waals surface area (Å²) >= 11 is 0. The number of benzene rings is 1. The molecule has 120 valence electrons. The first-order valence-corrected chi connectivity index (χ1v) is 7.93. The molecule has 1 fully saturated rings. The molecule has 0 radical (unpaired) electrons. The summed E-state index contributed by atoms with van der Waals surface area (Å²) in [6.07, 6.45) is 0.666. The second-order valence-corrected chi connectivity index (χ2v) is 5.97. The van der Waals surface area contributed by atoms with Crippen molar-refractivity contribution in [2.24, 2.45) is 0 Å². The van der Waals surface area contributed by atoms with Crippen LogP contribution in [0, 0.1) is 18.3 Å². The largest absolute Gasteiger partial charge is 0.493 e. The van der Waals surface area contributed by atoms with Gasteiger partial charge in [-0.1, -0.05) is 0 Å². The third kappa shape index (κ3) is 4.12. The summed E-state index contributed by atoms with van der Waals surface area (Å²) in [5.41, 5.74) is 2.58. The fourth-order valence-corrected chi connectivity index (χ4v) is 3.10. The topological polar surface area (TPSA) is 51.1 Å². The molecule has 5 nitrogen and oxygen atoms in total. The third-order valence-corrected chi connectivity index (χ3v) is 4.54. The van der Waals surface area contributed by atoms with Gasteiger partial charge in [-0.15, -0.1) is 0 Å². The molecule has 0 aromatic heterocycles. The maximum atomic E-state index is 8.68. The van der Waals surface area contributed by atoms with Crippen molar-refractivity contribution < 1.29 is 19.3 Å². The average molecular weight is 305 g/mol. The van der Waals surface area contributed by atoms with Crippen LogP contribution in [0.2, 0.25) is 0 Å². The molecule has 1 aliphatic heterocycles. The maximum absolute atomic E-state index is 8.68. The lowest BCUT2D eigenvalue weighted by Crippen LogP contribution is -3.27. The number of nitrogens with one attached hydrogen (secondary N) is 2. The molecule has 0 amide bonds. The van der Waals surface area contributed by atoms with E-state index in [1.54, 1.807) is 24.0 Å². The first kappa shape index (κ1) is 16.6. The van der Waals surface area contributed by atoms with Gasteiger partial charge in [0.2, 0.25) is 0 Å². The minimum Gasteiger partial charge on any atom is -0.493 e. The number of aryl methyl sites for hydroxylation is 1. The van der Waals surface area contributed by atoms with Crippen LogP contribution in [0.3, 0.4) is 0 Å². The molecule has 2 rings (SSSR count). The van der Waals surface area contributed by atoms with Gasteiger partial charge in [-0.3, -0.25) is 0 Å². The first-order valence-electron chi connectivity index (χ1n) is 7.93. The van der Waals surface area contributed by atoms with E-state index in [4.69, 9.17) is 14.7 Å². The van der Waals surface area contributed by atoms with Crippen LogP contribution in [-0.4, -0.2) is 46.9 Å². The molecule has 0 saturated carbocycles. The van der Waals surface area contributed by atoms with E-state index in [1.807, 2.05) is 0 Å². The summed E-state index contributed by atoms with van der Waals surface area (Å²) in [5, 5.41) is 8.68. The zero-order valence-corrected chi connectivity index (χ0v) is 13.9. The Bertz CT molecular complexity index is 531. The van der Waals surface area contributed by atoms with Gasteiger partial charge in [-0.2, -0.15) is 5.26 Å². The van der Waals surface area contributed by atoms with Gasteiger partial charge in [0.1, 0.15) is 32.7 Å². The SMILES string of the molecule is COc1cc(C)c(C[NH+]2CC[NH+](CCC#N)CC2)cc1OC.